The fraction of sp³-hybridized carbons (Fsp3) is 0.435. The molecule has 0 unspecified atom stereocenters. The molecule has 1 saturated carbocycles. The lowest BCUT2D eigenvalue weighted by Gasteiger charge is -2.35. The van der Waals surface area contributed by atoms with Gasteiger partial charge in [-0.25, -0.2) is 4.79 Å². The van der Waals surface area contributed by atoms with Crippen molar-refractivity contribution in [2.75, 3.05) is 7.11 Å². The monoisotopic (exact) mass is 397 g/mol. The summed E-state index contributed by atoms with van der Waals surface area (Å²) in [7, 11) is 1.26. The molecular formula is C23H27NO5. The highest BCUT2D eigenvalue weighted by molar-refractivity contribution is 6.06. The number of hydrogen-bond donors (Lipinski definition) is 1. The Hall–Kier alpha value is -2.89. The number of hydrogen-bond acceptors (Lipinski definition) is 5. The molecule has 29 heavy (non-hydrogen) atoms. The van der Waals surface area contributed by atoms with Gasteiger partial charge in [-0.15, -0.1) is 0 Å². The number of amides is 1. The second kappa shape index (κ2) is 7.85. The molecule has 154 valence electrons. The van der Waals surface area contributed by atoms with Crippen molar-refractivity contribution in [3.05, 3.63) is 48.0 Å². The van der Waals surface area contributed by atoms with Crippen LogP contribution in [-0.4, -0.2) is 30.6 Å². The van der Waals surface area contributed by atoms with E-state index in [2.05, 4.69) is 5.32 Å². The van der Waals surface area contributed by atoms with Crippen molar-refractivity contribution in [3.63, 3.8) is 0 Å². The molecule has 0 spiro atoms. The van der Waals surface area contributed by atoms with Gasteiger partial charge in [0.2, 0.25) is 0 Å². The summed E-state index contributed by atoms with van der Waals surface area (Å²) in [4.78, 5) is 38.4. The number of benzene rings is 2. The van der Waals surface area contributed by atoms with Crippen LogP contribution in [0.25, 0.3) is 10.8 Å². The van der Waals surface area contributed by atoms with Crippen LogP contribution in [0.2, 0.25) is 0 Å². The lowest BCUT2D eigenvalue weighted by atomic mass is 9.74. The molecule has 0 aromatic heterocycles. The molecule has 1 aliphatic carbocycles. The number of nitrogens with one attached hydrogen (secondary N) is 1. The molecule has 1 N–H and O–H groups in total. The van der Waals surface area contributed by atoms with Crippen LogP contribution < -0.4 is 5.32 Å². The van der Waals surface area contributed by atoms with Crippen LogP contribution in [0.4, 0.5) is 4.79 Å². The molecule has 6 heteroatoms. The zero-order chi connectivity index (χ0) is 21.2. The molecule has 2 aromatic carbocycles. The molecule has 0 heterocycles. The maximum absolute atomic E-state index is 12.9. The van der Waals surface area contributed by atoms with Gasteiger partial charge in [-0.1, -0.05) is 36.4 Å². The Kier molecular flexibility index (Phi) is 5.64. The SMILES string of the molecule is COC(=O)[C@]1([C@H](NC(=O)OC(C)(C)C)c2ccc3ccccc3c2)CCCC1=O. The van der Waals surface area contributed by atoms with Gasteiger partial charge < -0.3 is 14.8 Å². The molecule has 3 rings (SSSR count). The Balaban J connectivity index is 2.10. The van der Waals surface area contributed by atoms with E-state index in [1.165, 1.54) is 7.11 Å². The predicted octanol–water partition coefficient (Wildman–Crippen LogP) is 4.32. The number of alkyl carbamates (subject to hydrolysis) is 1. The lowest BCUT2D eigenvalue weighted by Crippen LogP contribution is -2.50. The van der Waals surface area contributed by atoms with E-state index in [1.54, 1.807) is 20.8 Å². The Bertz CT molecular complexity index is 946. The van der Waals surface area contributed by atoms with Gasteiger partial charge in [-0.05, 0) is 56.0 Å². The number of ketones is 1. The number of methoxy groups -OCH3 is 1. The minimum absolute atomic E-state index is 0.224. The van der Waals surface area contributed by atoms with Crippen LogP contribution >= 0.6 is 0 Å². The van der Waals surface area contributed by atoms with Crippen molar-refractivity contribution in [1.29, 1.82) is 0 Å². The minimum atomic E-state index is -1.46. The van der Waals surface area contributed by atoms with Gasteiger partial charge in [0, 0.05) is 6.42 Å². The molecule has 0 saturated heterocycles. The van der Waals surface area contributed by atoms with Gasteiger partial charge >= 0.3 is 12.1 Å². The Morgan fingerprint density at radius 2 is 1.79 bits per heavy atom. The van der Waals surface area contributed by atoms with Gasteiger partial charge in [-0.3, -0.25) is 9.59 Å². The van der Waals surface area contributed by atoms with Crippen molar-refractivity contribution < 1.29 is 23.9 Å². The van der Waals surface area contributed by atoms with Gasteiger partial charge in [0.1, 0.15) is 5.60 Å². The fourth-order valence-corrected chi connectivity index (χ4v) is 4.02. The molecule has 0 bridgehead atoms. The molecule has 6 nitrogen and oxygen atoms in total. The van der Waals surface area contributed by atoms with Gasteiger partial charge in [-0.2, -0.15) is 0 Å². The number of Topliss-reactive ketones (excluding diaryl/α,β-unsaturated/α-hetero) is 1. The molecular weight excluding hydrogens is 370 g/mol. The quantitative estimate of drug-likeness (QED) is 0.614. The zero-order valence-electron chi connectivity index (χ0n) is 17.3. The number of ether oxygens (including phenoxy) is 2. The van der Waals surface area contributed by atoms with E-state index in [-0.39, 0.29) is 12.2 Å². The van der Waals surface area contributed by atoms with E-state index >= 15 is 0 Å². The van der Waals surface area contributed by atoms with Crippen LogP contribution in [0, 0.1) is 5.41 Å². The van der Waals surface area contributed by atoms with Crippen LogP contribution in [-0.2, 0) is 19.1 Å². The average Bonchev–Trinajstić information content (AvgIpc) is 3.05. The molecule has 1 fully saturated rings. The highest BCUT2D eigenvalue weighted by Gasteiger charge is 2.56. The molecule has 1 amide bonds. The topological polar surface area (TPSA) is 81.7 Å². The number of fused-ring (bicyclic) bond motifs is 1. The van der Waals surface area contributed by atoms with E-state index in [9.17, 15) is 14.4 Å². The molecule has 2 aromatic rings. The zero-order valence-corrected chi connectivity index (χ0v) is 17.3. The minimum Gasteiger partial charge on any atom is -0.468 e. The van der Waals surface area contributed by atoms with Crippen molar-refractivity contribution in [2.24, 2.45) is 5.41 Å². The number of rotatable bonds is 4. The first kappa shape index (κ1) is 20.8. The summed E-state index contributed by atoms with van der Waals surface area (Å²) >= 11 is 0. The third-order valence-electron chi connectivity index (χ3n) is 5.28. The van der Waals surface area contributed by atoms with Gasteiger partial charge in [0.15, 0.2) is 11.2 Å². The van der Waals surface area contributed by atoms with Gasteiger partial charge in [0.05, 0.1) is 13.2 Å². The molecule has 0 aliphatic heterocycles. The summed E-state index contributed by atoms with van der Waals surface area (Å²) in [6.07, 6.45) is 0.466. The number of carbonyl (C=O) groups excluding carboxylic acids is 3. The second-order valence-corrected chi connectivity index (χ2v) is 8.43. The summed E-state index contributed by atoms with van der Waals surface area (Å²) in [5, 5.41) is 4.78. The second-order valence-electron chi connectivity index (χ2n) is 8.43. The standard InChI is InChI=1S/C23H27NO5/c1-22(2,3)29-21(27)24-19(23(20(26)28-4)13-7-10-18(23)25)17-12-11-15-8-5-6-9-16(15)14-17/h5-6,8-9,11-12,14,19H,7,10,13H2,1-4H3,(H,24,27)/t19-,23-/m1/s1. The van der Waals surface area contributed by atoms with Crippen LogP contribution in [0.3, 0.4) is 0 Å². The maximum Gasteiger partial charge on any atom is 0.408 e. The number of esters is 1. The number of carbonyl (C=O) groups is 3. The molecule has 2 atom stereocenters. The normalized spacial score (nSPS) is 20.3. The van der Waals surface area contributed by atoms with E-state index in [0.29, 0.717) is 18.4 Å². The lowest BCUT2D eigenvalue weighted by molar-refractivity contribution is -0.158. The van der Waals surface area contributed by atoms with E-state index < -0.39 is 29.1 Å². The predicted molar refractivity (Wildman–Crippen MR) is 109 cm³/mol. The summed E-state index contributed by atoms with van der Waals surface area (Å²) in [5.74, 6) is -0.854. The van der Waals surface area contributed by atoms with Crippen LogP contribution in [0.1, 0.15) is 51.6 Å². The first-order valence-corrected chi connectivity index (χ1v) is 9.77. The van der Waals surface area contributed by atoms with Crippen molar-refractivity contribution in [3.8, 4) is 0 Å². The van der Waals surface area contributed by atoms with Crippen molar-refractivity contribution in [1.82, 2.24) is 5.32 Å². The van der Waals surface area contributed by atoms with Gasteiger partial charge in [0.25, 0.3) is 0 Å². The molecule has 1 aliphatic rings. The van der Waals surface area contributed by atoms with Crippen molar-refractivity contribution in [2.45, 2.75) is 51.7 Å². The van der Waals surface area contributed by atoms with Crippen LogP contribution in [0.15, 0.2) is 42.5 Å². The summed E-state index contributed by atoms with van der Waals surface area (Å²) in [5.41, 5.74) is -1.51. The average molecular weight is 397 g/mol. The van der Waals surface area contributed by atoms with E-state index in [1.807, 2.05) is 42.5 Å². The highest BCUT2D eigenvalue weighted by Crippen LogP contribution is 2.46. The van der Waals surface area contributed by atoms with E-state index in [4.69, 9.17) is 9.47 Å². The Morgan fingerprint density at radius 3 is 2.38 bits per heavy atom. The highest BCUT2D eigenvalue weighted by atomic mass is 16.6. The van der Waals surface area contributed by atoms with E-state index in [0.717, 1.165) is 10.8 Å². The third-order valence-corrected chi connectivity index (χ3v) is 5.28. The Labute approximate surface area is 170 Å². The van der Waals surface area contributed by atoms with Crippen LogP contribution in [0.5, 0.6) is 0 Å². The first-order chi connectivity index (χ1) is 13.7. The smallest absolute Gasteiger partial charge is 0.408 e. The molecule has 0 radical (unpaired) electrons. The maximum atomic E-state index is 12.9. The summed E-state index contributed by atoms with van der Waals surface area (Å²) in [6, 6.07) is 12.5. The first-order valence-electron chi connectivity index (χ1n) is 9.77. The van der Waals surface area contributed by atoms with Crippen molar-refractivity contribution >= 4 is 28.6 Å². The largest absolute Gasteiger partial charge is 0.468 e. The Morgan fingerprint density at radius 1 is 1.10 bits per heavy atom. The fourth-order valence-electron chi connectivity index (χ4n) is 4.02. The summed E-state index contributed by atoms with van der Waals surface area (Å²) in [6.45, 7) is 5.28. The summed E-state index contributed by atoms with van der Waals surface area (Å²) < 4.78 is 10.4. The third kappa shape index (κ3) is 4.11.